The van der Waals surface area contributed by atoms with Crippen LogP contribution in [-0.4, -0.2) is 42.2 Å². The predicted molar refractivity (Wildman–Crippen MR) is 81.8 cm³/mol. The summed E-state index contributed by atoms with van der Waals surface area (Å²) in [6.07, 6.45) is 4.90. The molecule has 2 rings (SSSR count). The molecule has 0 bridgehead atoms. The molecule has 0 amide bonds. The molecule has 1 aliphatic rings. The molecule has 0 aliphatic heterocycles. The minimum absolute atomic E-state index is 0.139. The molecule has 0 saturated heterocycles. The standard InChI is InChI=1S/C15H21ClN2O2/c1-18(2)15(7-3-4-8-15)10-17-11-5-6-12(14(19)20)13(16)9-11/h5-6,9,17H,3-4,7-8,10H2,1-2H3,(H,19,20). The van der Waals surface area contributed by atoms with E-state index in [1.165, 1.54) is 25.7 Å². The summed E-state index contributed by atoms with van der Waals surface area (Å²) in [4.78, 5) is 13.2. The van der Waals surface area contributed by atoms with E-state index in [9.17, 15) is 4.79 Å². The molecular weight excluding hydrogens is 276 g/mol. The molecule has 4 nitrogen and oxygen atoms in total. The third kappa shape index (κ3) is 3.07. The van der Waals surface area contributed by atoms with Crippen molar-refractivity contribution in [2.24, 2.45) is 0 Å². The Kier molecular flexibility index (Phi) is 4.55. The Hall–Kier alpha value is -1.26. The second-order valence-corrected chi connectivity index (χ2v) is 6.09. The predicted octanol–water partition coefficient (Wildman–Crippen LogP) is 3.32. The Morgan fingerprint density at radius 1 is 1.40 bits per heavy atom. The lowest BCUT2D eigenvalue weighted by Crippen LogP contribution is -2.47. The van der Waals surface area contributed by atoms with Crippen LogP contribution in [0.25, 0.3) is 0 Å². The maximum atomic E-state index is 10.9. The normalized spacial score (nSPS) is 17.4. The Bertz CT molecular complexity index is 497. The molecular formula is C15H21ClN2O2. The van der Waals surface area contributed by atoms with Gasteiger partial charge in [0, 0.05) is 17.8 Å². The molecule has 1 saturated carbocycles. The second kappa shape index (κ2) is 6.02. The number of likely N-dealkylation sites (N-methyl/N-ethyl adjacent to an activating group) is 1. The van der Waals surface area contributed by atoms with Gasteiger partial charge in [-0.3, -0.25) is 0 Å². The fourth-order valence-corrected chi connectivity index (χ4v) is 3.14. The van der Waals surface area contributed by atoms with Gasteiger partial charge in [-0.1, -0.05) is 24.4 Å². The molecule has 0 aromatic heterocycles. The average molecular weight is 297 g/mol. The summed E-state index contributed by atoms with van der Waals surface area (Å²) < 4.78 is 0. The number of nitrogens with zero attached hydrogens (tertiary/aromatic N) is 1. The monoisotopic (exact) mass is 296 g/mol. The van der Waals surface area contributed by atoms with Crippen LogP contribution in [0, 0.1) is 0 Å². The number of carbonyl (C=O) groups is 1. The molecule has 0 atom stereocenters. The molecule has 1 fully saturated rings. The van der Waals surface area contributed by atoms with Gasteiger partial charge in [-0.15, -0.1) is 0 Å². The van der Waals surface area contributed by atoms with E-state index in [2.05, 4.69) is 24.3 Å². The number of rotatable bonds is 5. The van der Waals surface area contributed by atoms with Crippen LogP contribution in [0.5, 0.6) is 0 Å². The minimum Gasteiger partial charge on any atom is -0.478 e. The van der Waals surface area contributed by atoms with Crippen molar-refractivity contribution >= 4 is 23.3 Å². The van der Waals surface area contributed by atoms with Crippen LogP contribution in [0.3, 0.4) is 0 Å². The van der Waals surface area contributed by atoms with Gasteiger partial charge in [-0.25, -0.2) is 4.79 Å². The highest BCUT2D eigenvalue weighted by atomic mass is 35.5. The highest BCUT2D eigenvalue weighted by molar-refractivity contribution is 6.33. The molecule has 2 N–H and O–H groups in total. The topological polar surface area (TPSA) is 52.6 Å². The van der Waals surface area contributed by atoms with Crippen molar-refractivity contribution in [3.05, 3.63) is 28.8 Å². The average Bonchev–Trinajstić information content (AvgIpc) is 2.86. The van der Waals surface area contributed by atoms with Crippen molar-refractivity contribution in [3.63, 3.8) is 0 Å². The SMILES string of the molecule is CN(C)C1(CNc2ccc(C(=O)O)c(Cl)c2)CCCC1. The van der Waals surface area contributed by atoms with Crippen LogP contribution in [0.4, 0.5) is 5.69 Å². The summed E-state index contributed by atoms with van der Waals surface area (Å²) in [6, 6.07) is 5.00. The molecule has 0 heterocycles. The van der Waals surface area contributed by atoms with Crippen LogP contribution < -0.4 is 5.32 Å². The molecule has 1 aromatic rings. The fourth-order valence-electron chi connectivity index (χ4n) is 2.88. The second-order valence-electron chi connectivity index (χ2n) is 5.68. The summed E-state index contributed by atoms with van der Waals surface area (Å²) in [5, 5.41) is 12.6. The van der Waals surface area contributed by atoms with Gasteiger partial charge < -0.3 is 15.3 Å². The number of halogens is 1. The molecule has 110 valence electrons. The number of carboxylic acid groups (broad SMARTS) is 1. The number of aromatic carboxylic acids is 1. The van der Waals surface area contributed by atoms with Crippen LogP contribution in [-0.2, 0) is 0 Å². The highest BCUT2D eigenvalue weighted by Gasteiger charge is 2.35. The van der Waals surface area contributed by atoms with Gasteiger partial charge in [0.05, 0.1) is 10.6 Å². The first kappa shape index (κ1) is 15.1. The smallest absolute Gasteiger partial charge is 0.337 e. The van der Waals surface area contributed by atoms with Crippen molar-refractivity contribution < 1.29 is 9.90 Å². The lowest BCUT2D eigenvalue weighted by atomic mass is 9.96. The molecule has 0 unspecified atom stereocenters. The summed E-state index contributed by atoms with van der Waals surface area (Å²) in [6.45, 7) is 0.850. The van der Waals surface area contributed by atoms with Crippen LogP contribution in [0.1, 0.15) is 36.0 Å². The zero-order valence-electron chi connectivity index (χ0n) is 11.9. The summed E-state index contributed by atoms with van der Waals surface area (Å²) in [7, 11) is 4.24. The maximum Gasteiger partial charge on any atom is 0.337 e. The third-order valence-electron chi connectivity index (χ3n) is 4.30. The number of anilines is 1. The lowest BCUT2D eigenvalue weighted by molar-refractivity contribution is 0.0697. The van der Waals surface area contributed by atoms with E-state index < -0.39 is 5.97 Å². The van der Waals surface area contributed by atoms with Gasteiger partial charge in [-0.05, 0) is 45.1 Å². The first-order chi connectivity index (χ1) is 9.44. The first-order valence-electron chi connectivity index (χ1n) is 6.89. The Morgan fingerprint density at radius 3 is 2.55 bits per heavy atom. The van der Waals surface area contributed by atoms with Gasteiger partial charge >= 0.3 is 5.97 Å². The van der Waals surface area contributed by atoms with Gasteiger partial charge in [0.1, 0.15) is 0 Å². The van der Waals surface area contributed by atoms with E-state index in [-0.39, 0.29) is 16.1 Å². The third-order valence-corrected chi connectivity index (χ3v) is 4.62. The van der Waals surface area contributed by atoms with Gasteiger partial charge in [-0.2, -0.15) is 0 Å². The molecule has 20 heavy (non-hydrogen) atoms. The van der Waals surface area contributed by atoms with E-state index in [1.54, 1.807) is 18.2 Å². The van der Waals surface area contributed by atoms with Crippen LogP contribution in [0.2, 0.25) is 5.02 Å². The van der Waals surface area contributed by atoms with Crippen molar-refractivity contribution in [2.45, 2.75) is 31.2 Å². The number of hydrogen-bond donors (Lipinski definition) is 2. The van der Waals surface area contributed by atoms with Crippen molar-refractivity contribution in [3.8, 4) is 0 Å². The van der Waals surface area contributed by atoms with Crippen molar-refractivity contribution in [1.29, 1.82) is 0 Å². The highest BCUT2D eigenvalue weighted by Crippen LogP contribution is 2.34. The quantitative estimate of drug-likeness (QED) is 0.875. The van der Waals surface area contributed by atoms with E-state index in [1.807, 2.05) is 0 Å². The van der Waals surface area contributed by atoms with Gasteiger partial charge in [0.15, 0.2) is 0 Å². The molecule has 1 aliphatic carbocycles. The number of benzene rings is 1. The van der Waals surface area contributed by atoms with Gasteiger partial charge in [0.2, 0.25) is 0 Å². The van der Waals surface area contributed by atoms with E-state index in [0.717, 1.165) is 12.2 Å². The van der Waals surface area contributed by atoms with E-state index in [0.29, 0.717) is 0 Å². The van der Waals surface area contributed by atoms with E-state index >= 15 is 0 Å². The Labute approximate surface area is 124 Å². The zero-order valence-corrected chi connectivity index (χ0v) is 12.7. The van der Waals surface area contributed by atoms with Crippen LogP contribution in [0.15, 0.2) is 18.2 Å². The fraction of sp³-hybridized carbons (Fsp3) is 0.533. The summed E-state index contributed by atoms with van der Waals surface area (Å²) >= 11 is 5.99. The minimum atomic E-state index is -0.998. The van der Waals surface area contributed by atoms with Crippen LogP contribution >= 0.6 is 11.6 Å². The number of nitrogens with one attached hydrogen (secondary N) is 1. The molecule has 1 aromatic carbocycles. The first-order valence-corrected chi connectivity index (χ1v) is 7.26. The Balaban J connectivity index is 2.07. The lowest BCUT2D eigenvalue weighted by Gasteiger charge is -2.36. The molecule has 0 radical (unpaired) electrons. The largest absolute Gasteiger partial charge is 0.478 e. The summed E-state index contributed by atoms with van der Waals surface area (Å²) in [5.41, 5.74) is 1.20. The molecule has 5 heteroatoms. The number of hydrogen-bond acceptors (Lipinski definition) is 3. The zero-order chi connectivity index (χ0) is 14.8. The summed E-state index contributed by atoms with van der Waals surface area (Å²) in [5.74, 6) is -0.998. The van der Waals surface area contributed by atoms with E-state index in [4.69, 9.17) is 16.7 Å². The van der Waals surface area contributed by atoms with Gasteiger partial charge in [0.25, 0.3) is 0 Å². The van der Waals surface area contributed by atoms with Crippen molar-refractivity contribution in [1.82, 2.24) is 4.90 Å². The maximum absolute atomic E-state index is 10.9. The Morgan fingerprint density at radius 2 is 2.05 bits per heavy atom. The van der Waals surface area contributed by atoms with Crippen molar-refractivity contribution in [2.75, 3.05) is 26.0 Å². The molecule has 0 spiro atoms. The number of carboxylic acids is 1.